The Morgan fingerprint density at radius 1 is 1.56 bits per heavy atom. The van der Waals surface area contributed by atoms with Gasteiger partial charge in [0.1, 0.15) is 0 Å². The SMILES string of the molecule is C=CC(/C=C\NC)=C/C. The lowest BCUT2D eigenvalue weighted by Crippen LogP contribution is -1.90. The fraction of sp³-hybridized carbons (Fsp3) is 0.250. The van der Waals surface area contributed by atoms with Crippen LogP contribution >= 0.6 is 0 Å². The van der Waals surface area contributed by atoms with Crippen LogP contribution in [0.5, 0.6) is 0 Å². The van der Waals surface area contributed by atoms with Crippen molar-refractivity contribution in [1.82, 2.24) is 5.32 Å². The van der Waals surface area contributed by atoms with E-state index in [1.54, 1.807) is 0 Å². The number of rotatable bonds is 3. The first-order valence-electron chi connectivity index (χ1n) is 2.97. The summed E-state index contributed by atoms with van der Waals surface area (Å²) in [6.07, 6.45) is 7.65. The van der Waals surface area contributed by atoms with E-state index in [1.165, 1.54) is 0 Å². The molecule has 0 aromatic heterocycles. The summed E-state index contributed by atoms with van der Waals surface area (Å²) in [6.45, 7) is 5.62. The van der Waals surface area contributed by atoms with E-state index in [9.17, 15) is 0 Å². The molecule has 0 aliphatic heterocycles. The van der Waals surface area contributed by atoms with Gasteiger partial charge in [-0.3, -0.25) is 0 Å². The smallest absolute Gasteiger partial charge is 0.00277 e. The zero-order valence-electron chi connectivity index (χ0n) is 6.02. The standard InChI is InChI=1S/C8H13N/c1-4-8(5-2)6-7-9-3/h4-7,9H,1H2,2-3H3/b7-6-,8-5-. The van der Waals surface area contributed by atoms with Crippen LogP contribution in [0, 0.1) is 0 Å². The molecule has 0 aromatic carbocycles. The summed E-state index contributed by atoms with van der Waals surface area (Å²) in [5.74, 6) is 0. The highest BCUT2D eigenvalue weighted by Gasteiger charge is 1.76. The molecule has 1 nitrogen and oxygen atoms in total. The van der Waals surface area contributed by atoms with E-state index in [-0.39, 0.29) is 0 Å². The van der Waals surface area contributed by atoms with Gasteiger partial charge in [-0.15, -0.1) is 0 Å². The highest BCUT2D eigenvalue weighted by molar-refractivity contribution is 5.27. The fourth-order valence-electron chi connectivity index (χ4n) is 0.462. The second-order valence-electron chi connectivity index (χ2n) is 1.61. The predicted octanol–water partition coefficient (Wildman–Crippen LogP) is 1.85. The number of nitrogens with one attached hydrogen (secondary N) is 1. The van der Waals surface area contributed by atoms with Crippen LogP contribution in [0.15, 0.2) is 36.6 Å². The average Bonchev–Trinajstić information content (AvgIpc) is 1.91. The summed E-state index contributed by atoms with van der Waals surface area (Å²) in [5.41, 5.74) is 1.13. The Balaban J connectivity index is 3.84. The lowest BCUT2D eigenvalue weighted by atomic mass is 10.2. The van der Waals surface area contributed by atoms with Crippen LogP contribution in [0.3, 0.4) is 0 Å². The fourth-order valence-corrected chi connectivity index (χ4v) is 0.462. The molecule has 1 N–H and O–H groups in total. The zero-order chi connectivity index (χ0) is 7.11. The second-order valence-corrected chi connectivity index (χ2v) is 1.61. The van der Waals surface area contributed by atoms with E-state index in [2.05, 4.69) is 11.9 Å². The van der Waals surface area contributed by atoms with Crippen molar-refractivity contribution in [3.8, 4) is 0 Å². The molecule has 0 bridgehead atoms. The molecule has 0 radical (unpaired) electrons. The average molecular weight is 123 g/mol. The highest BCUT2D eigenvalue weighted by atomic mass is 14.8. The van der Waals surface area contributed by atoms with Crippen LogP contribution in [-0.4, -0.2) is 7.05 Å². The van der Waals surface area contributed by atoms with E-state index in [0.29, 0.717) is 0 Å². The largest absolute Gasteiger partial charge is 0.394 e. The van der Waals surface area contributed by atoms with Gasteiger partial charge >= 0.3 is 0 Å². The Bertz CT molecular complexity index is 132. The predicted molar refractivity (Wildman–Crippen MR) is 42.2 cm³/mol. The van der Waals surface area contributed by atoms with E-state index < -0.39 is 0 Å². The minimum atomic E-state index is 1.13. The van der Waals surface area contributed by atoms with Crippen molar-refractivity contribution in [3.63, 3.8) is 0 Å². The van der Waals surface area contributed by atoms with Crippen LogP contribution in [0.4, 0.5) is 0 Å². The first-order chi connectivity index (χ1) is 4.35. The molecular weight excluding hydrogens is 110 g/mol. The molecule has 1 heteroatoms. The molecular formula is C8H13N. The maximum absolute atomic E-state index is 3.64. The van der Waals surface area contributed by atoms with E-state index in [0.717, 1.165) is 5.57 Å². The summed E-state index contributed by atoms with van der Waals surface area (Å²) < 4.78 is 0. The van der Waals surface area contributed by atoms with Crippen molar-refractivity contribution < 1.29 is 0 Å². The minimum Gasteiger partial charge on any atom is -0.394 e. The minimum absolute atomic E-state index is 1.13. The van der Waals surface area contributed by atoms with Crippen molar-refractivity contribution >= 4 is 0 Å². The van der Waals surface area contributed by atoms with Crippen LogP contribution in [-0.2, 0) is 0 Å². The first-order valence-corrected chi connectivity index (χ1v) is 2.97. The number of allylic oxidation sites excluding steroid dienone is 4. The van der Waals surface area contributed by atoms with Gasteiger partial charge in [-0.05, 0) is 24.8 Å². The van der Waals surface area contributed by atoms with Crippen LogP contribution in [0.2, 0.25) is 0 Å². The maximum Gasteiger partial charge on any atom is 0.00277 e. The van der Waals surface area contributed by atoms with Crippen LogP contribution < -0.4 is 5.32 Å². The Morgan fingerprint density at radius 2 is 2.22 bits per heavy atom. The van der Waals surface area contributed by atoms with Gasteiger partial charge < -0.3 is 5.32 Å². The number of hydrogen-bond acceptors (Lipinski definition) is 1. The molecule has 9 heavy (non-hydrogen) atoms. The van der Waals surface area contributed by atoms with Crippen molar-refractivity contribution in [2.75, 3.05) is 7.05 Å². The third-order valence-electron chi connectivity index (χ3n) is 1.01. The summed E-state index contributed by atoms with van der Waals surface area (Å²) in [6, 6.07) is 0. The highest BCUT2D eigenvalue weighted by Crippen LogP contribution is 1.94. The molecule has 50 valence electrons. The quantitative estimate of drug-likeness (QED) is 0.565. The van der Waals surface area contributed by atoms with Crippen molar-refractivity contribution in [3.05, 3.63) is 36.6 Å². The monoisotopic (exact) mass is 123 g/mol. The third kappa shape index (κ3) is 3.59. The molecule has 0 atom stereocenters. The van der Waals surface area contributed by atoms with Gasteiger partial charge in [0, 0.05) is 7.05 Å². The normalized spacial score (nSPS) is 12.0. The summed E-state index contributed by atoms with van der Waals surface area (Å²) >= 11 is 0. The molecule has 0 spiro atoms. The molecule has 0 saturated carbocycles. The molecule has 0 rings (SSSR count). The topological polar surface area (TPSA) is 12.0 Å². The molecule has 0 amide bonds. The number of hydrogen-bond donors (Lipinski definition) is 1. The molecule has 0 heterocycles. The zero-order valence-corrected chi connectivity index (χ0v) is 6.02. The lowest BCUT2D eigenvalue weighted by Gasteiger charge is -1.88. The maximum atomic E-state index is 3.64. The van der Waals surface area contributed by atoms with Gasteiger partial charge in [0.25, 0.3) is 0 Å². The van der Waals surface area contributed by atoms with E-state index >= 15 is 0 Å². The van der Waals surface area contributed by atoms with E-state index in [1.807, 2.05) is 38.4 Å². The van der Waals surface area contributed by atoms with Gasteiger partial charge in [-0.2, -0.15) is 0 Å². The summed E-state index contributed by atoms with van der Waals surface area (Å²) in [4.78, 5) is 0. The van der Waals surface area contributed by atoms with Gasteiger partial charge in [-0.25, -0.2) is 0 Å². The van der Waals surface area contributed by atoms with Gasteiger partial charge in [0.15, 0.2) is 0 Å². The lowest BCUT2D eigenvalue weighted by molar-refractivity contribution is 1.10. The van der Waals surface area contributed by atoms with Gasteiger partial charge in [0.05, 0.1) is 0 Å². The second kappa shape index (κ2) is 5.16. The third-order valence-corrected chi connectivity index (χ3v) is 1.01. The molecule has 0 fully saturated rings. The summed E-state index contributed by atoms with van der Waals surface area (Å²) in [5, 5.41) is 2.90. The van der Waals surface area contributed by atoms with Crippen molar-refractivity contribution in [2.24, 2.45) is 0 Å². The summed E-state index contributed by atoms with van der Waals surface area (Å²) in [7, 11) is 1.87. The van der Waals surface area contributed by atoms with Crippen LogP contribution in [0.25, 0.3) is 0 Å². The van der Waals surface area contributed by atoms with Gasteiger partial charge in [0.2, 0.25) is 0 Å². The van der Waals surface area contributed by atoms with E-state index in [4.69, 9.17) is 0 Å². The molecule has 0 saturated heterocycles. The van der Waals surface area contributed by atoms with Crippen molar-refractivity contribution in [2.45, 2.75) is 6.92 Å². The Morgan fingerprint density at radius 3 is 2.56 bits per heavy atom. The molecule has 0 aromatic rings. The Labute approximate surface area is 56.8 Å². The van der Waals surface area contributed by atoms with Crippen LogP contribution in [0.1, 0.15) is 6.92 Å². The molecule has 0 aliphatic carbocycles. The molecule has 0 unspecified atom stereocenters. The first kappa shape index (κ1) is 8.02. The molecule has 0 aliphatic rings. The Kier molecular flexibility index (Phi) is 4.60. The van der Waals surface area contributed by atoms with Crippen molar-refractivity contribution in [1.29, 1.82) is 0 Å². The Hall–Kier alpha value is -0.980. The van der Waals surface area contributed by atoms with Gasteiger partial charge in [-0.1, -0.05) is 18.7 Å².